The molecule has 3 rings (SSSR count). The maximum Gasteiger partial charge on any atom is 0.258 e. The fraction of sp³-hybridized carbons (Fsp3) is 0.364. The van der Waals surface area contributed by atoms with Crippen molar-refractivity contribution >= 4 is 0 Å². The van der Waals surface area contributed by atoms with Crippen molar-refractivity contribution < 1.29 is 9.47 Å². The van der Waals surface area contributed by atoms with Gasteiger partial charge in [0.15, 0.2) is 0 Å². The Morgan fingerprint density at radius 2 is 2.04 bits per heavy atom. The van der Waals surface area contributed by atoms with Gasteiger partial charge in [-0.1, -0.05) is 31.5 Å². The van der Waals surface area contributed by atoms with Crippen LogP contribution >= 0.6 is 0 Å². The number of nitriles is 1. The fourth-order valence-corrected chi connectivity index (χ4v) is 3.75. The molecule has 146 valence electrons. The van der Waals surface area contributed by atoms with Crippen LogP contribution in [-0.2, 0) is 13.0 Å². The van der Waals surface area contributed by atoms with Crippen molar-refractivity contribution in [3.63, 3.8) is 0 Å². The minimum atomic E-state index is -0.627. The van der Waals surface area contributed by atoms with Crippen LogP contribution in [0.5, 0.6) is 11.5 Å². The molecular weight excluding hydrogens is 354 g/mol. The Labute approximate surface area is 164 Å². The first-order valence-electron chi connectivity index (χ1n) is 9.63. The maximum atomic E-state index is 13.4. The van der Waals surface area contributed by atoms with E-state index >= 15 is 0 Å². The predicted molar refractivity (Wildman–Crippen MR) is 107 cm³/mol. The highest BCUT2D eigenvalue weighted by atomic mass is 16.5. The second kappa shape index (κ2) is 8.22. The number of para-hydroxylation sites is 1. The number of rotatable bonds is 6. The Balaban J connectivity index is 2.33. The second-order valence-corrected chi connectivity index (χ2v) is 6.61. The summed E-state index contributed by atoms with van der Waals surface area (Å²) in [5.74, 6) is 0.453. The Morgan fingerprint density at radius 1 is 1.29 bits per heavy atom. The largest absolute Gasteiger partial charge is 0.494 e. The van der Waals surface area contributed by atoms with Gasteiger partial charge >= 0.3 is 0 Å². The molecule has 2 heterocycles. The van der Waals surface area contributed by atoms with E-state index in [0.29, 0.717) is 30.2 Å². The smallest absolute Gasteiger partial charge is 0.258 e. The van der Waals surface area contributed by atoms with Crippen LogP contribution in [0.15, 0.2) is 46.6 Å². The van der Waals surface area contributed by atoms with Crippen LogP contribution in [0.2, 0.25) is 0 Å². The van der Waals surface area contributed by atoms with Gasteiger partial charge in [-0.15, -0.1) is 0 Å². The zero-order valence-electron chi connectivity index (χ0n) is 16.5. The van der Waals surface area contributed by atoms with Gasteiger partial charge in [0.25, 0.3) is 5.56 Å². The molecule has 2 N–H and O–H groups in total. The number of aromatic nitrogens is 1. The lowest BCUT2D eigenvalue weighted by molar-refractivity contribution is 0.334. The lowest BCUT2D eigenvalue weighted by Gasteiger charge is -2.28. The van der Waals surface area contributed by atoms with Crippen molar-refractivity contribution in [3.05, 3.63) is 69.0 Å². The third-order valence-corrected chi connectivity index (χ3v) is 4.92. The van der Waals surface area contributed by atoms with E-state index in [2.05, 4.69) is 13.0 Å². The molecule has 0 bridgehead atoms. The van der Waals surface area contributed by atoms with Crippen molar-refractivity contribution in [1.82, 2.24) is 4.57 Å². The SMILES string of the molecule is CCCc1cc2c(c(=O)n1CC)C(c1ccccc1OCC)C(C#N)=C(N)O2. The molecule has 6 nitrogen and oxygen atoms in total. The molecular formula is C22H25N3O3. The Kier molecular flexibility index (Phi) is 5.74. The van der Waals surface area contributed by atoms with E-state index in [4.69, 9.17) is 15.2 Å². The highest BCUT2D eigenvalue weighted by Gasteiger charge is 2.36. The summed E-state index contributed by atoms with van der Waals surface area (Å²) in [6.45, 7) is 6.92. The van der Waals surface area contributed by atoms with Gasteiger partial charge in [-0.25, -0.2) is 0 Å². The van der Waals surface area contributed by atoms with E-state index in [1.807, 2.05) is 44.2 Å². The van der Waals surface area contributed by atoms with E-state index in [9.17, 15) is 10.1 Å². The summed E-state index contributed by atoms with van der Waals surface area (Å²) in [6, 6.07) is 11.4. The molecule has 28 heavy (non-hydrogen) atoms. The first kappa shape index (κ1) is 19.6. The van der Waals surface area contributed by atoms with Gasteiger partial charge in [0, 0.05) is 23.9 Å². The van der Waals surface area contributed by atoms with Gasteiger partial charge in [-0.3, -0.25) is 4.79 Å². The van der Waals surface area contributed by atoms with Crippen LogP contribution in [-0.4, -0.2) is 11.2 Å². The molecule has 2 aromatic rings. The summed E-state index contributed by atoms with van der Waals surface area (Å²) in [4.78, 5) is 13.4. The van der Waals surface area contributed by atoms with Crippen molar-refractivity contribution in [3.8, 4) is 17.6 Å². The number of nitrogens with zero attached hydrogens (tertiary/aromatic N) is 2. The van der Waals surface area contributed by atoms with E-state index in [1.165, 1.54) is 0 Å². The zero-order chi connectivity index (χ0) is 20.3. The van der Waals surface area contributed by atoms with Gasteiger partial charge in [0.1, 0.15) is 23.1 Å². The van der Waals surface area contributed by atoms with E-state index < -0.39 is 5.92 Å². The van der Waals surface area contributed by atoms with Crippen molar-refractivity contribution in [2.24, 2.45) is 5.73 Å². The number of pyridine rings is 1. The van der Waals surface area contributed by atoms with E-state index in [-0.39, 0.29) is 17.0 Å². The Hall–Kier alpha value is -3.20. The van der Waals surface area contributed by atoms with Crippen LogP contribution in [0.1, 0.15) is 49.9 Å². The number of ether oxygens (including phenoxy) is 2. The number of benzene rings is 1. The molecule has 1 aromatic carbocycles. The minimum absolute atomic E-state index is 0.0300. The summed E-state index contributed by atoms with van der Waals surface area (Å²) in [5.41, 5.74) is 8.22. The topological polar surface area (TPSA) is 90.3 Å². The summed E-state index contributed by atoms with van der Waals surface area (Å²) in [5, 5.41) is 9.78. The molecule has 0 amide bonds. The van der Waals surface area contributed by atoms with Crippen molar-refractivity contribution in [2.75, 3.05) is 6.61 Å². The third-order valence-electron chi connectivity index (χ3n) is 4.92. The maximum absolute atomic E-state index is 13.4. The first-order valence-corrected chi connectivity index (χ1v) is 9.63. The Morgan fingerprint density at radius 3 is 2.68 bits per heavy atom. The average Bonchev–Trinajstić information content (AvgIpc) is 2.68. The summed E-state index contributed by atoms with van der Waals surface area (Å²) < 4.78 is 13.3. The Bertz CT molecular complexity index is 1010. The van der Waals surface area contributed by atoms with Crippen LogP contribution in [0.4, 0.5) is 0 Å². The number of fused-ring (bicyclic) bond motifs is 1. The van der Waals surface area contributed by atoms with Gasteiger partial charge < -0.3 is 19.8 Å². The molecule has 0 radical (unpaired) electrons. The number of hydrogen-bond donors (Lipinski definition) is 1. The molecule has 1 aromatic heterocycles. The average molecular weight is 379 g/mol. The second-order valence-electron chi connectivity index (χ2n) is 6.61. The monoisotopic (exact) mass is 379 g/mol. The highest BCUT2D eigenvalue weighted by Crippen LogP contribution is 2.43. The van der Waals surface area contributed by atoms with Crippen molar-refractivity contribution in [2.45, 2.75) is 46.1 Å². The molecule has 6 heteroatoms. The quantitative estimate of drug-likeness (QED) is 0.830. The van der Waals surface area contributed by atoms with Crippen LogP contribution in [0.25, 0.3) is 0 Å². The van der Waals surface area contributed by atoms with E-state index in [0.717, 1.165) is 24.1 Å². The molecule has 1 unspecified atom stereocenters. The molecule has 0 saturated carbocycles. The molecule has 1 aliphatic heterocycles. The lowest BCUT2D eigenvalue weighted by Crippen LogP contribution is -2.33. The van der Waals surface area contributed by atoms with Gasteiger partial charge in [-0.2, -0.15) is 5.26 Å². The normalized spacial score (nSPS) is 15.6. The van der Waals surface area contributed by atoms with Gasteiger partial charge in [0.05, 0.1) is 18.1 Å². The predicted octanol–water partition coefficient (Wildman–Crippen LogP) is 3.44. The van der Waals surface area contributed by atoms with Crippen molar-refractivity contribution in [1.29, 1.82) is 5.26 Å². The summed E-state index contributed by atoms with van der Waals surface area (Å²) in [7, 11) is 0. The highest BCUT2D eigenvalue weighted by molar-refractivity contribution is 5.58. The fourth-order valence-electron chi connectivity index (χ4n) is 3.75. The molecule has 1 aliphatic rings. The number of allylic oxidation sites excluding steroid dienone is 1. The van der Waals surface area contributed by atoms with E-state index in [1.54, 1.807) is 4.57 Å². The first-order chi connectivity index (χ1) is 13.6. The standard InChI is InChI=1S/C22H25N3O3/c1-4-9-14-12-18-20(22(26)25(14)5-2)19(16(13-23)21(24)28-18)15-10-7-8-11-17(15)27-6-3/h7-8,10-12,19H,4-6,9,24H2,1-3H3. The lowest BCUT2D eigenvalue weighted by atomic mass is 9.83. The number of hydrogen-bond acceptors (Lipinski definition) is 5. The van der Waals surface area contributed by atoms with Crippen LogP contribution in [0, 0.1) is 11.3 Å². The number of aryl methyl sites for hydroxylation is 1. The number of nitrogens with two attached hydrogens (primary N) is 1. The van der Waals surface area contributed by atoms with Crippen LogP contribution in [0.3, 0.4) is 0 Å². The molecule has 0 spiro atoms. The third kappa shape index (κ3) is 3.24. The van der Waals surface area contributed by atoms with Gasteiger partial charge in [0.2, 0.25) is 5.88 Å². The molecule has 0 fully saturated rings. The summed E-state index contributed by atoms with van der Waals surface area (Å²) >= 11 is 0. The molecule has 0 saturated heterocycles. The molecule has 1 atom stereocenters. The summed E-state index contributed by atoms with van der Waals surface area (Å²) in [6.07, 6.45) is 1.66. The minimum Gasteiger partial charge on any atom is -0.494 e. The van der Waals surface area contributed by atoms with Gasteiger partial charge in [-0.05, 0) is 26.3 Å². The zero-order valence-corrected chi connectivity index (χ0v) is 16.5. The molecule has 0 aliphatic carbocycles. The van der Waals surface area contributed by atoms with Crippen LogP contribution < -0.4 is 20.8 Å².